The highest BCUT2D eigenvalue weighted by Crippen LogP contribution is 2.68. The molecule has 7 aliphatic rings. The fourth-order valence-electron chi connectivity index (χ4n) is 15.4. The molecule has 14 nitrogen and oxygen atoms in total. The molecule has 1 N–H and O–H groups in total. The van der Waals surface area contributed by atoms with Crippen LogP contribution in [0.5, 0.6) is 5.75 Å². The maximum atomic E-state index is 13.8. The second-order valence-corrected chi connectivity index (χ2v) is 24.4. The molecule has 0 spiro atoms. The summed E-state index contributed by atoms with van der Waals surface area (Å²) in [7, 11) is 6.29. The number of carbonyl (C=O) groups excluding carboxylic acids is 4. The van der Waals surface area contributed by atoms with Crippen molar-refractivity contribution in [2.45, 2.75) is 167 Å². The van der Waals surface area contributed by atoms with Crippen LogP contribution in [0.4, 0.5) is 5.69 Å². The highest BCUT2D eigenvalue weighted by atomic mass is 16.6. The Balaban J connectivity index is 0.665. The van der Waals surface area contributed by atoms with E-state index < -0.39 is 28.6 Å². The Labute approximate surface area is 459 Å². The van der Waals surface area contributed by atoms with Gasteiger partial charge in [0.2, 0.25) is 0 Å². The maximum Gasteiger partial charge on any atom is 0.343 e. The van der Waals surface area contributed by atoms with Crippen molar-refractivity contribution in [3.63, 3.8) is 0 Å². The van der Waals surface area contributed by atoms with Crippen LogP contribution in [0.2, 0.25) is 0 Å². The molecule has 2 aromatic carbocycles. The summed E-state index contributed by atoms with van der Waals surface area (Å²) >= 11 is 0. The monoisotopic (exact) mass is 1060 g/mol. The first-order valence-electron chi connectivity index (χ1n) is 29.1. The summed E-state index contributed by atoms with van der Waals surface area (Å²) < 4.78 is 19.9. The van der Waals surface area contributed by atoms with E-state index in [9.17, 15) is 29.1 Å². The van der Waals surface area contributed by atoms with Gasteiger partial charge in [0.1, 0.15) is 18.5 Å². The largest absolute Gasteiger partial charge is 0.490 e. The Morgan fingerprint density at radius 2 is 1.67 bits per heavy atom. The maximum absolute atomic E-state index is 13.8. The summed E-state index contributed by atoms with van der Waals surface area (Å²) in [6, 6.07) is 17.0. The van der Waals surface area contributed by atoms with E-state index in [1.54, 1.807) is 24.5 Å². The summed E-state index contributed by atoms with van der Waals surface area (Å²) in [5, 5.41) is 12.3. The Kier molecular flexibility index (Phi) is 14.7. The molecule has 3 fully saturated rings. The van der Waals surface area contributed by atoms with Gasteiger partial charge in [-0.2, -0.15) is 0 Å². The van der Waals surface area contributed by atoms with Crippen molar-refractivity contribution >= 4 is 40.1 Å². The van der Waals surface area contributed by atoms with Gasteiger partial charge in [0.05, 0.1) is 29.0 Å². The SMILES string of the molecule is CC[C@@]1(O)C(=O)OCc2c1cc1n(c2=O)Cc2cc3c(CN(C)C)c(OC4CCN(CCCCCCCN(C)c5ccc([C@H]6C[C@@]7(C)C(CC[C@]7(OC(C)=O)C(C)=O)C7CCC8=CC(=O)CCC8=C76)cc5)CC4)ccc3nc2-1. The molecule has 0 amide bonds. The molecule has 78 heavy (non-hydrogen) atoms. The summed E-state index contributed by atoms with van der Waals surface area (Å²) in [6.07, 6.45) is 15.3. The molecule has 5 heterocycles. The topological polar surface area (TPSA) is 161 Å². The number of Topliss-reactive ketones (excluding diaryl/α,β-unsaturated/α-hetero) is 1. The zero-order valence-corrected chi connectivity index (χ0v) is 47.0. The third-order valence-electron chi connectivity index (χ3n) is 19.5. The average Bonchev–Trinajstić information content (AvgIpc) is 3.47. The van der Waals surface area contributed by atoms with Crippen LogP contribution in [0.15, 0.2) is 76.1 Å². The zero-order valence-electron chi connectivity index (χ0n) is 47.0. The Morgan fingerprint density at radius 1 is 0.910 bits per heavy atom. The molecule has 2 saturated carbocycles. The van der Waals surface area contributed by atoms with Crippen LogP contribution in [0.1, 0.15) is 158 Å². The van der Waals surface area contributed by atoms with Gasteiger partial charge in [0.15, 0.2) is 22.8 Å². The highest BCUT2D eigenvalue weighted by molar-refractivity contribution is 5.93. The second kappa shape index (κ2) is 21.3. The van der Waals surface area contributed by atoms with Gasteiger partial charge in [0.25, 0.3) is 5.56 Å². The number of rotatable bonds is 17. The number of ketones is 2. The Hall–Kier alpha value is -5.96. The number of aromatic nitrogens is 2. The summed E-state index contributed by atoms with van der Waals surface area (Å²) in [5.74, 6) is 0.534. The standard InChI is InChI=1S/C64H79N5O9/c1-8-63(75)54-34-56-59-43(36-69(56)60(73)52(54)38-76-61(63)74)33-49-51(37-66(5)6)57(23-22-55(49)65-59)77-46-25-30-68(31-26-46)29-13-11-9-10-12-28-67(7)44-17-14-41(15-18-44)50-35-62(4)53(24-27-64(62,39(2)70)78-40(3)71)48-20-16-42-32-45(72)19-21-47(42)58(48)50/h14-15,17-18,22-23,32-34,46,48,50,53,75H,8-13,16,19-21,24-31,35-38H2,1-7H3/t48?,50-,53?,62+,63+,64+/m1/s1. The van der Waals surface area contributed by atoms with Crippen LogP contribution in [0.25, 0.3) is 22.3 Å². The number of fused-ring (bicyclic) bond motifs is 9. The third kappa shape index (κ3) is 9.44. The van der Waals surface area contributed by atoms with E-state index in [1.807, 2.05) is 18.2 Å². The molecule has 1 saturated heterocycles. The highest BCUT2D eigenvalue weighted by Gasteiger charge is 2.67. The molecule has 2 unspecified atom stereocenters. The minimum absolute atomic E-state index is 0.0460. The lowest BCUT2D eigenvalue weighted by molar-refractivity contribution is -0.182. The lowest BCUT2D eigenvalue weighted by Gasteiger charge is -2.55. The number of ether oxygens (including phenoxy) is 3. The van der Waals surface area contributed by atoms with Gasteiger partial charge >= 0.3 is 11.9 Å². The third-order valence-corrected chi connectivity index (χ3v) is 19.5. The minimum Gasteiger partial charge on any atom is -0.490 e. The molecular weight excluding hydrogens is 983 g/mol. The number of hydrogen-bond donors (Lipinski definition) is 1. The number of piperidine rings is 1. The molecule has 3 aliphatic heterocycles. The number of cyclic esters (lactones) is 1. The number of likely N-dealkylation sites (tertiary alicyclic amines) is 1. The number of pyridine rings is 2. The predicted octanol–water partition coefficient (Wildman–Crippen LogP) is 9.86. The quantitative estimate of drug-likeness (QED) is 0.0693. The van der Waals surface area contributed by atoms with Gasteiger partial charge in [-0.15, -0.1) is 0 Å². The molecule has 4 aliphatic carbocycles. The number of allylic oxidation sites excluding steroid dienone is 4. The molecule has 14 heteroatoms. The van der Waals surface area contributed by atoms with Crippen molar-refractivity contribution in [3.8, 4) is 17.1 Å². The first kappa shape index (κ1) is 54.0. The number of carbonyl (C=O) groups is 4. The molecule has 4 aromatic rings. The Morgan fingerprint density at radius 3 is 2.40 bits per heavy atom. The smallest absolute Gasteiger partial charge is 0.343 e. The van der Waals surface area contributed by atoms with Crippen molar-refractivity contribution in [2.24, 2.45) is 17.3 Å². The van der Waals surface area contributed by atoms with Gasteiger partial charge in [0, 0.05) is 85.7 Å². The number of unbranched alkanes of at least 4 members (excludes halogenated alkanes) is 4. The van der Waals surface area contributed by atoms with E-state index in [2.05, 4.69) is 73.1 Å². The van der Waals surface area contributed by atoms with E-state index >= 15 is 0 Å². The number of nitrogens with zero attached hydrogens (tertiary/aromatic N) is 5. The van der Waals surface area contributed by atoms with Gasteiger partial charge in [-0.05, 0) is 169 Å². The zero-order chi connectivity index (χ0) is 54.8. The fraction of sp³-hybridized carbons (Fsp3) is 0.562. The normalized spacial score (nSPS) is 26.6. The summed E-state index contributed by atoms with van der Waals surface area (Å²) in [6.45, 7) is 11.9. The average molecular weight is 1060 g/mol. The van der Waals surface area contributed by atoms with Crippen LogP contribution in [0.3, 0.4) is 0 Å². The van der Waals surface area contributed by atoms with Gasteiger partial charge < -0.3 is 38.6 Å². The molecule has 2 aromatic heterocycles. The van der Waals surface area contributed by atoms with Crippen molar-refractivity contribution in [2.75, 3.05) is 52.2 Å². The van der Waals surface area contributed by atoms with Crippen LogP contribution in [-0.2, 0) is 53.9 Å². The second-order valence-electron chi connectivity index (χ2n) is 24.4. The van der Waals surface area contributed by atoms with Gasteiger partial charge in [-0.1, -0.05) is 50.8 Å². The lowest BCUT2D eigenvalue weighted by Crippen LogP contribution is -2.57. The number of aliphatic hydroxyl groups is 1. The molecule has 0 radical (unpaired) electrons. The number of anilines is 1. The van der Waals surface area contributed by atoms with Crippen LogP contribution >= 0.6 is 0 Å². The van der Waals surface area contributed by atoms with Crippen molar-refractivity contribution < 1.29 is 38.5 Å². The van der Waals surface area contributed by atoms with Crippen molar-refractivity contribution in [1.29, 1.82) is 0 Å². The van der Waals surface area contributed by atoms with Crippen LogP contribution < -0.4 is 15.2 Å². The van der Waals surface area contributed by atoms with E-state index in [0.717, 1.165) is 105 Å². The minimum atomic E-state index is -1.87. The number of hydrogen-bond acceptors (Lipinski definition) is 13. The molecule has 6 atom stereocenters. The summed E-state index contributed by atoms with van der Waals surface area (Å²) in [4.78, 5) is 77.5. The van der Waals surface area contributed by atoms with Crippen molar-refractivity contribution in [3.05, 3.63) is 109 Å². The first-order valence-corrected chi connectivity index (χ1v) is 29.1. The number of benzene rings is 2. The van der Waals surface area contributed by atoms with E-state index in [1.165, 1.54) is 60.6 Å². The van der Waals surface area contributed by atoms with Crippen molar-refractivity contribution in [1.82, 2.24) is 19.4 Å². The van der Waals surface area contributed by atoms with Crippen LogP contribution in [-0.4, -0.2) is 107 Å². The van der Waals surface area contributed by atoms with E-state index in [0.29, 0.717) is 48.4 Å². The molecule has 11 rings (SSSR count). The van der Waals surface area contributed by atoms with E-state index in [-0.39, 0.29) is 54.0 Å². The first-order chi connectivity index (χ1) is 37.4. The van der Waals surface area contributed by atoms with E-state index in [4.69, 9.17) is 19.2 Å². The van der Waals surface area contributed by atoms with Crippen LogP contribution in [0, 0.1) is 17.3 Å². The molecular formula is C64H79N5O9. The van der Waals surface area contributed by atoms with Gasteiger partial charge in [-0.3, -0.25) is 19.2 Å². The lowest BCUT2D eigenvalue weighted by atomic mass is 9.50. The fourth-order valence-corrected chi connectivity index (χ4v) is 15.4. The molecule has 0 bridgehead atoms. The number of esters is 2. The summed E-state index contributed by atoms with van der Waals surface area (Å²) in [5.41, 5.74) is 7.45. The predicted molar refractivity (Wildman–Crippen MR) is 300 cm³/mol. The van der Waals surface area contributed by atoms with Gasteiger partial charge in [-0.25, -0.2) is 9.78 Å². The molecule has 414 valence electrons. The Bertz CT molecular complexity index is 3190.